The molecule has 59 heavy (non-hydrogen) atoms. The first kappa shape index (κ1) is 50.1. The lowest BCUT2D eigenvalue weighted by Gasteiger charge is -2.33. The zero-order valence-corrected chi connectivity index (χ0v) is 36.9. The number of aliphatic hydroxyl groups is 1. The molecule has 1 aliphatic heterocycles. The maximum absolute atomic E-state index is 14.1. The van der Waals surface area contributed by atoms with Crippen molar-refractivity contribution in [2.24, 2.45) is 17.8 Å². The van der Waals surface area contributed by atoms with Crippen LogP contribution < -0.4 is 16.0 Å². The molecule has 0 radical (unpaired) electrons. The third-order valence-electron chi connectivity index (χ3n) is 10.8. The molecule has 15 heteroatoms. The number of rotatable bonds is 7. The minimum atomic E-state index is -1.26. The van der Waals surface area contributed by atoms with Crippen molar-refractivity contribution in [3.63, 3.8) is 0 Å². The number of amides is 5. The van der Waals surface area contributed by atoms with E-state index >= 15 is 0 Å². The third-order valence-corrected chi connectivity index (χ3v) is 10.8. The molecular weight excluding hydrogens is 759 g/mol. The first-order chi connectivity index (χ1) is 27.6. The first-order valence-corrected chi connectivity index (χ1v) is 20.5. The van der Waals surface area contributed by atoms with Gasteiger partial charge in [-0.15, -0.1) is 0 Å². The van der Waals surface area contributed by atoms with Crippen molar-refractivity contribution in [2.45, 2.75) is 137 Å². The molecule has 1 heterocycles. The number of benzene rings is 1. The number of ether oxygens (including phenoxy) is 2. The van der Waals surface area contributed by atoms with Crippen LogP contribution in [0.4, 0.5) is 0 Å². The number of nitrogens with zero attached hydrogens (tertiary/aromatic N) is 2. The lowest BCUT2D eigenvalue weighted by molar-refractivity contribution is -0.155. The van der Waals surface area contributed by atoms with Crippen LogP contribution in [0.5, 0.6) is 0 Å². The van der Waals surface area contributed by atoms with E-state index < -0.39 is 96.4 Å². The maximum atomic E-state index is 14.1. The fourth-order valence-corrected chi connectivity index (χ4v) is 6.55. The highest BCUT2D eigenvalue weighted by molar-refractivity contribution is 5.96. The van der Waals surface area contributed by atoms with Crippen molar-refractivity contribution in [2.75, 3.05) is 20.6 Å². The number of hydrogen-bond acceptors (Lipinski definition) is 10. The molecule has 1 aromatic rings. The van der Waals surface area contributed by atoms with Crippen LogP contribution in [0, 0.1) is 17.8 Å². The van der Waals surface area contributed by atoms with Crippen molar-refractivity contribution in [3.05, 3.63) is 59.2 Å². The largest absolute Gasteiger partial charge is 0.456 e. The Morgan fingerprint density at radius 1 is 0.898 bits per heavy atom. The molecule has 0 saturated carbocycles. The Kier molecular flexibility index (Phi) is 20.0. The van der Waals surface area contributed by atoms with E-state index in [0.717, 1.165) is 5.56 Å². The van der Waals surface area contributed by atoms with Crippen LogP contribution in [0.1, 0.15) is 94.1 Å². The van der Waals surface area contributed by atoms with Crippen LogP contribution >= 0.6 is 0 Å². The molecule has 0 aliphatic carbocycles. The summed E-state index contributed by atoms with van der Waals surface area (Å²) in [4.78, 5) is 98.0. The summed E-state index contributed by atoms with van der Waals surface area (Å²) < 4.78 is 11.5. The normalized spacial score (nSPS) is 28.8. The predicted octanol–water partition coefficient (Wildman–Crippen LogP) is 3.24. The molecule has 2 rings (SSSR count). The topological polar surface area (TPSA) is 201 Å². The Morgan fingerprint density at radius 3 is 2.08 bits per heavy atom. The summed E-state index contributed by atoms with van der Waals surface area (Å²) in [5, 5.41) is 19.3. The summed E-state index contributed by atoms with van der Waals surface area (Å²) in [6, 6.07) is 4.53. The molecule has 0 saturated heterocycles. The second-order valence-electron chi connectivity index (χ2n) is 16.2. The quantitative estimate of drug-likeness (QED) is 0.234. The van der Waals surface area contributed by atoms with Gasteiger partial charge in [-0.05, 0) is 70.4 Å². The number of aliphatic hydroxyl groups excluding tert-OH is 1. The maximum Gasteiger partial charge on any atom is 0.334 e. The average Bonchev–Trinajstić information content (AvgIpc) is 3.20. The molecule has 9 atom stereocenters. The van der Waals surface area contributed by atoms with E-state index in [1.807, 2.05) is 26.8 Å². The van der Waals surface area contributed by atoms with Gasteiger partial charge in [-0.25, -0.2) is 9.59 Å². The molecule has 0 spiro atoms. The van der Waals surface area contributed by atoms with E-state index in [1.165, 1.54) is 50.7 Å². The van der Waals surface area contributed by atoms with Gasteiger partial charge in [0.15, 0.2) is 6.10 Å². The summed E-state index contributed by atoms with van der Waals surface area (Å²) in [6.07, 6.45) is 0.687. The van der Waals surface area contributed by atoms with Gasteiger partial charge in [0, 0.05) is 32.0 Å². The Labute approximate surface area is 349 Å². The van der Waals surface area contributed by atoms with Crippen molar-refractivity contribution in [3.8, 4) is 0 Å². The molecule has 0 fully saturated rings. The van der Waals surface area contributed by atoms with Crippen molar-refractivity contribution < 1.29 is 48.1 Å². The monoisotopic (exact) mass is 825 g/mol. The van der Waals surface area contributed by atoms with Gasteiger partial charge in [0.25, 0.3) is 5.91 Å². The summed E-state index contributed by atoms with van der Waals surface area (Å²) in [5.74, 6) is -5.83. The standard InChI is InChI=1S/C44H67N5O10/c1-13-26(5)37-40(53)46-31(10)44(57)59-38(27(6)14-2)29(8)34(50)21-20-28(7)43(56)58-35(22-25(3)4)39(52)45-30(9)41(54)49(12)33(23-32-18-16-15-17-19-32)42(55)48(11)24-36(51)47-37/h14-20,25-26,29-31,33-35,37-38,50H,13,21-24H2,1-12H3,(H,45,52)(H,46,53)(H,47,51)/b27-14+,28-20+/t26-,29-,30+,31+,33+,34-,35+,37-,38+/m0/s1. The van der Waals surface area contributed by atoms with Crippen LogP contribution in [-0.4, -0.2) is 120 Å². The third kappa shape index (κ3) is 14.9. The summed E-state index contributed by atoms with van der Waals surface area (Å²) in [7, 11) is 2.85. The first-order valence-electron chi connectivity index (χ1n) is 20.5. The van der Waals surface area contributed by atoms with E-state index in [0.29, 0.717) is 12.0 Å². The van der Waals surface area contributed by atoms with Gasteiger partial charge >= 0.3 is 11.9 Å². The van der Waals surface area contributed by atoms with E-state index in [-0.39, 0.29) is 36.7 Å². The van der Waals surface area contributed by atoms with Crippen LogP contribution in [0.2, 0.25) is 0 Å². The Balaban J connectivity index is 2.62. The minimum Gasteiger partial charge on any atom is -0.456 e. The zero-order chi connectivity index (χ0) is 44.7. The second-order valence-corrected chi connectivity index (χ2v) is 16.2. The van der Waals surface area contributed by atoms with Gasteiger partial charge in [0.2, 0.25) is 23.6 Å². The molecule has 0 unspecified atom stereocenters. The number of carbonyl (C=O) groups excluding carboxylic acids is 7. The van der Waals surface area contributed by atoms with Gasteiger partial charge < -0.3 is 40.3 Å². The van der Waals surface area contributed by atoms with Crippen LogP contribution in [0.15, 0.2) is 53.6 Å². The highest BCUT2D eigenvalue weighted by atomic mass is 16.6. The zero-order valence-electron chi connectivity index (χ0n) is 36.9. The van der Waals surface area contributed by atoms with Crippen LogP contribution in [-0.2, 0) is 49.5 Å². The van der Waals surface area contributed by atoms with Crippen molar-refractivity contribution >= 4 is 41.5 Å². The lowest BCUT2D eigenvalue weighted by Crippen LogP contribution is -2.57. The second kappa shape index (κ2) is 23.5. The van der Waals surface area contributed by atoms with E-state index in [2.05, 4.69) is 16.0 Å². The Hall–Kier alpha value is -5.05. The Bertz CT molecular complexity index is 1700. The number of hydrogen-bond donors (Lipinski definition) is 4. The fourth-order valence-electron chi connectivity index (χ4n) is 6.55. The number of likely N-dealkylation sites (N-methyl/N-ethyl adjacent to an activating group) is 2. The Morgan fingerprint density at radius 2 is 1.51 bits per heavy atom. The van der Waals surface area contributed by atoms with Gasteiger partial charge in [0.1, 0.15) is 30.3 Å². The summed E-state index contributed by atoms with van der Waals surface area (Å²) >= 11 is 0. The molecule has 1 aliphatic rings. The molecule has 4 N–H and O–H groups in total. The molecule has 0 bridgehead atoms. The van der Waals surface area contributed by atoms with Gasteiger partial charge in [-0.2, -0.15) is 0 Å². The van der Waals surface area contributed by atoms with Gasteiger partial charge in [-0.3, -0.25) is 24.0 Å². The number of cyclic esters (lactones) is 2. The SMILES string of the molecule is C/C=C(\C)[C@H]1OC(=O)[C@@H](C)NC(=O)[C@H]([C@@H](C)CC)NC(=O)CN(C)C(=O)[C@@H](Cc2ccccc2)N(C)C(=O)[C@@H](C)NC(=O)[C@@H](CC(C)C)OC(=O)/C(C)=C/C[C@H](O)[C@@H]1C. The smallest absolute Gasteiger partial charge is 0.334 e. The molecule has 1 aromatic carbocycles. The highest BCUT2D eigenvalue weighted by Gasteiger charge is 2.36. The minimum absolute atomic E-state index is 0.0211. The number of allylic oxidation sites excluding steroid dienone is 1. The molecule has 5 amide bonds. The molecule has 0 aromatic heterocycles. The fraction of sp³-hybridized carbons (Fsp3) is 0.614. The van der Waals surface area contributed by atoms with Crippen molar-refractivity contribution in [1.82, 2.24) is 25.8 Å². The lowest BCUT2D eigenvalue weighted by atomic mass is 9.90. The van der Waals surface area contributed by atoms with Gasteiger partial charge in [-0.1, -0.05) is 83.5 Å². The number of carbonyl (C=O) groups is 7. The summed E-state index contributed by atoms with van der Waals surface area (Å²) in [5.41, 5.74) is 1.51. The molecule has 15 nitrogen and oxygen atoms in total. The van der Waals surface area contributed by atoms with E-state index in [4.69, 9.17) is 9.47 Å². The average molecular weight is 826 g/mol. The number of nitrogens with one attached hydrogen (secondary N) is 3. The number of esters is 2. The van der Waals surface area contributed by atoms with E-state index in [1.54, 1.807) is 58.0 Å². The highest BCUT2D eigenvalue weighted by Crippen LogP contribution is 2.24. The molecular formula is C44H67N5O10. The molecule has 328 valence electrons. The van der Waals surface area contributed by atoms with Crippen molar-refractivity contribution in [1.29, 1.82) is 0 Å². The van der Waals surface area contributed by atoms with Crippen LogP contribution in [0.25, 0.3) is 0 Å². The van der Waals surface area contributed by atoms with Crippen LogP contribution in [0.3, 0.4) is 0 Å². The summed E-state index contributed by atoms with van der Waals surface area (Å²) in [6.45, 7) is 16.5. The predicted molar refractivity (Wildman–Crippen MR) is 223 cm³/mol. The van der Waals surface area contributed by atoms with Gasteiger partial charge in [0.05, 0.1) is 12.6 Å². The van der Waals surface area contributed by atoms with E-state index in [9.17, 15) is 38.7 Å².